The van der Waals surface area contributed by atoms with Crippen molar-refractivity contribution in [1.82, 2.24) is 15.0 Å². The highest BCUT2D eigenvalue weighted by molar-refractivity contribution is 7.98. The quantitative estimate of drug-likeness (QED) is 0.595. The Hall–Kier alpha value is -2.31. The van der Waals surface area contributed by atoms with Gasteiger partial charge in [-0.1, -0.05) is 17.3 Å². The number of rotatable bonds is 7. The molecule has 0 saturated carbocycles. The van der Waals surface area contributed by atoms with Crippen LogP contribution in [0.5, 0.6) is 5.75 Å². The summed E-state index contributed by atoms with van der Waals surface area (Å²) < 4.78 is 10.5. The number of aromatic nitrogens is 2. The molecular weight excluding hydrogens is 334 g/mol. The van der Waals surface area contributed by atoms with Gasteiger partial charge in [0.2, 0.25) is 0 Å². The first kappa shape index (κ1) is 17.5. The van der Waals surface area contributed by atoms with Gasteiger partial charge in [0.15, 0.2) is 5.82 Å². The van der Waals surface area contributed by atoms with Gasteiger partial charge in [-0.05, 0) is 55.3 Å². The molecule has 0 aliphatic rings. The average molecular weight is 355 g/mol. The van der Waals surface area contributed by atoms with Gasteiger partial charge in [0.05, 0.1) is 13.7 Å². The lowest BCUT2D eigenvalue weighted by Crippen LogP contribution is -2.18. The van der Waals surface area contributed by atoms with Crippen molar-refractivity contribution in [3.8, 4) is 17.2 Å². The van der Waals surface area contributed by atoms with Crippen LogP contribution in [0.15, 0.2) is 57.9 Å². The predicted octanol–water partition coefficient (Wildman–Crippen LogP) is 4.10. The fourth-order valence-electron chi connectivity index (χ4n) is 2.51. The van der Waals surface area contributed by atoms with E-state index in [9.17, 15) is 0 Å². The summed E-state index contributed by atoms with van der Waals surface area (Å²) in [4.78, 5) is 7.92. The van der Waals surface area contributed by atoms with E-state index in [2.05, 4.69) is 45.6 Å². The molecule has 0 saturated heterocycles. The van der Waals surface area contributed by atoms with Gasteiger partial charge in [-0.2, -0.15) is 4.98 Å². The molecule has 130 valence electrons. The molecule has 0 unspecified atom stereocenters. The molecule has 2 aromatic carbocycles. The van der Waals surface area contributed by atoms with Crippen LogP contribution in [0.3, 0.4) is 0 Å². The van der Waals surface area contributed by atoms with Crippen LogP contribution < -0.4 is 4.74 Å². The standard InChI is InChI=1S/C19H21N3O2S/c1-22(12-14-4-10-17(25-3)11-5-14)13-18-20-19(24-21-18)15-6-8-16(23-2)9-7-15/h4-11H,12-13H2,1-3H3. The molecule has 6 heteroatoms. The minimum absolute atomic E-state index is 0.523. The summed E-state index contributed by atoms with van der Waals surface area (Å²) in [5, 5.41) is 4.08. The molecule has 0 N–H and O–H groups in total. The topological polar surface area (TPSA) is 51.4 Å². The summed E-state index contributed by atoms with van der Waals surface area (Å²) in [6, 6.07) is 16.2. The zero-order valence-corrected chi connectivity index (χ0v) is 15.4. The molecule has 0 aliphatic carbocycles. The number of hydrogen-bond donors (Lipinski definition) is 0. The fourth-order valence-corrected chi connectivity index (χ4v) is 2.92. The second-order valence-electron chi connectivity index (χ2n) is 5.76. The largest absolute Gasteiger partial charge is 0.497 e. The van der Waals surface area contributed by atoms with Gasteiger partial charge in [0, 0.05) is 17.0 Å². The average Bonchev–Trinajstić information content (AvgIpc) is 3.10. The number of ether oxygens (including phenoxy) is 1. The van der Waals surface area contributed by atoms with Crippen LogP contribution in [-0.4, -0.2) is 35.5 Å². The molecule has 1 aromatic heterocycles. The van der Waals surface area contributed by atoms with E-state index in [-0.39, 0.29) is 0 Å². The van der Waals surface area contributed by atoms with Crippen LogP contribution in [0.1, 0.15) is 11.4 Å². The highest BCUT2D eigenvalue weighted by atomic mass is 32.2. The highest BCUT2D eigenvalue weighted by Gasteiger charge is 2.11. The number of methoxy groups -OCH3 is 1. The van der Waals surface area contributed by atoms with E-state index in [1.165, 1.54) is 10.5 Å². The second kappa shape index (κ2) is 8.18. The number of hydrogen-bond acceptors (Lipinski definition) is 6. The number of nitrogens with zero attached hydrogens (tertiary/aromatic N) is 3. The molecule has 3 aromatic rings. The van der Waals surface area contributed by atoms with Crippen molar-refractivity contribution in [2.24, 2.45) is 0 Å². The molecule has 3 rings (SSSR count). The zero-order chi connectivity index (χ0) is 17.6. The Bertz CT molecular complexity index is 800. The lowest BCUT2D eigenvalue weighted by atomic mass is 10.2. The third kappa shape index (κ3) is 4.61. The van der Waals surface area contributed by atoms with Gasteiger partial charge in [0.25, 0.3) is 5.89 Å². The Morgan fingerprint density at radius 3 is 2.40 bits per heavy atom. The first-order valence-corrected chi connectivity index (χ1v) is 9.19. The molecule has 0 amide bonds. The summed E-state index contributed by atoms with van der Waals surface area (Å²) in [6.07, 6.45) is 2.08. The third-order valence-corrected chi connectivity index (χ3v) is 4.57. The summed E-state index contributed by atoms with van der Waals surface area (Å²) in [6.45, 7) is 1.46. The predicted molar refractivity (Wildman–Crippen MR) is 99.7 cm³/mol. The Kier molecular flexibility index (Phi) is 5.73. The normalized spacial score (nSPS) is 11.0. The molecule has 0 radical (unpaired) electrons. The highest BCUT2D eigenvalue weighted by Crippen LogP contribution is 2.21. The molecule has 25 heavy (non-hydrogen) atoms. The van der Waals surface area contributed by atoms with Crippen molar-refractivity contribution < 1.29 is 9.26 Å². The van der Waals surface area contributed by atoms with Gasteiger partial charge in [-0.25, -0.2) is 0 Å². The molecule has 0 fully saturated rings. The van der Waals surface area contributed by atoms with E-state index >= 15 is 0 Å². The smallest absolute Gasteiger partial charge is 0.257 e. The van der Waals surface area contributed by atoms with Crippen molar-refractivity contribution in [3.05, 3.63) is 59.9 Å². The molecule has 5 nitrogen and oxygen atoms in total. The minimum atomic E-state index is 0.523. The fraction of sp³-hybridized carbons (Fsp3) is 0.263. The third-order valence-electron chi connectivity index (χ3n) is 3.83. The SMILES string of the molecule is COc1ccc(-c2nc(CN(C)Cc3ccc(SC)cc3)no2)cc1. The maximum absolute atomic E-state index is 5.37. The van der Waals surface area contributed by atoms with Crippen LogP contribution in [-0.2, 0) is 13.1 Å². The summed E-state index contributed by atoms with van der Waals surface area (Å²) in [7, 11) is 3.69. The monoisotopic (exact) mass is 355 g/mol. The number of thioether (sulfide) groups is 1. The maximum atomic E-state index is 5.37. The van der Waals surface area contributed by atoms with E-state index in [0.717, 1.165) is 17.9 Å². The van der Waals surface area contributed by atoms with Gasteiger partial charge in [-0.3, -0.25) is 4.90 Å². The molecule has 0 atom stereocenters. The van der Waals surface area contributed by atoms with Crippen molar-refractivity contribution >= 4 is 11.8 Å². The van der Waals surface area contributed by atoms with E-state index in [4.69, 9.17) is 9.26 Å². The zero-order valence-electron chi connectivity index (χ0n) is 14.6. The minimum Gasteiger partial charge on any atom is -0.497 e. The molecule has 0 bridgehead atoms. The lowest BCUT2D eigenvalue weighted by molar-refractivity contribution is 0.302. The Balaban J connectivity index is 1.61. The lowest BCUT2D eigenvalue weighted by Gasteiger charge is -2.14. The van der Waals surface area contributed by atoms with Crippen molar-refractivity contribution in [3.63, 3.8) is 0 Å². The van der Waals surface area contributed by atoms with Gasteiger partial charge >= 0.3 is 0 Å². The van der Waals surface area contributed by atoms with Crippen molar-refractivity contribution in [1.29, 1.82) is 0 Å². The van der Waals surface area contributed by atoms with E-state index in [1.807, 2.05) is 31.3 Å². The van der Waals surface area contributed by atoms with E-state index in [0.29, 0.717) is 18.3 Å². The van der Waals surface area contributed by atoms with Gasteiger partial charge in [0.1, 0.15) is 5.75 Å². The molecule has 1 heterocycles. The Morgan fingerprint density at radius 2 is 1.76 bits per heavy atom. The molecular formula is C19H21N3O2S. The first-order chi connectivity index (χ1) is 12.2. The van der Waals surface area contributed by atoms with E-state index < -0.39 is 0 Å². The van der Waals surface area contributed by atoms with Crippen LogP contribution >= 0.6 is 11.8 Å². The first-order valence-electron chi connectivity index (χ1n) is 7.96. The van der Waals surface area contributed by atoms with Crippen LogP contribution in [0.4, 0.5) is 0 Å². The maximum Gasteiger partial charge on any atom is 0.257 e. The molecule has 0 spiro atoms. The number of benzene rings is 2. The van der Waals surface area contributed by atoms with Crippen LogP contribution in [0, 0.1) is 0 Å². The Labute approximate surface area is 152 Å². The summed E-state index contributed by atoms with van der Waals surface area (Å²) in [5.74, 6) is 2.00. The Morgan fingerprint density at radius 1 is 1.04 bits per heavy atom. The summed E-state index contributed by atoms with van der Waals surface area (Å²) >= 11 is 1.75. The second-order valence-corrected chi connectivity index (χ2v) is 6.64. The summed E-state index contributed by atoms with van der Waals surface area (Å²) in [5.41, 5.74) is 2.15. The van der Waals surface area contributed by atoms with Crippen molar-refractivity contribution in [2.75, 3.05) is 20.4 Å². The van der Waals surface area contributed by atoms with Crippen LogP contribution in [0.25, 0.3) is 11.5 Å². The van der Waals surface area contributed by atoms with Crippen LogP contribution in [0.2, 0.25) is 0 Å². The van der Waals surface area contributed by atoms with Crippen molar-refractivity contribution in [2.45, 2.75) is 18.0 Å². The molecule has 0 aliphatic heterocycles. The van der Waals surface area contributed by atoms with E-state index in [1.54, 1.807) is 18.9 Å². The van der Waals surface area contributed by atoms with Gasteiger partial charge < -0.3 is 9.26 Å². The van der Waals surface area contributed by atoms with Gasteiger partial charge in [-0.15, -0.1) is 11.8 Å².